The van der Waals surface area contributed by atoms with Gasteiger partial charge in [-0.25, -0.2) is 4.98 Å². The summed E-state index contributed by atoms with van der Waals surface area (Å²) in [7, 11) is 1.82. The zero-order valence-electron chi connectivity index (χ0n) is 10.7. The van der Waals surface area contributed by atoms with Crippen molar-refractivity contribution in [2.45, 2.75) is 19.5 Å². The van der Waals surface area contributed by atoms with E-state index >= 15 is 0 Å². The van der Waals surface area contributed by atoms with Crippen LogP contribution < -0.4 is 5.32 Å². The van der Waals surface area contributed by atoms with Gasteiger partial charge in [0.1, 0.15) is 6.33 Å². The van der Waals surface area contributed by atoms with Gasteiger partial charge in [0.05, 0.1) is 13.0 Å². The molecule has 19 heavy (non-hydrogen) atoms. The third-order valence-corrected chi connectivity index (χ3v) is 2.71. The molecule has 0 spiro atoms. The highest BCUT2D eigenvalue weighted by molar-refractivity contribution is 5.70. The summed E-state index contributed by atoms with van der Waals surface area (Å²) in [4.78, 5) is 14.9. The molecule has 100 valence electrons. The molecule has 0 radical (unpaired) electrons. The van der Waals surface area contributed by atoms with E-state index in [1.165, 1.54) is 0 Å². The Kier molecular flexibility index (Phi) is 4.25. The van der Waals surface area contributed by atoms with Crippen molar-refractivity contribution < 1.29 is 9.90 Å². The zero-order valence-corrected chi connectivity index (χ0v) is 10.7. The first-order valence-electron chi connectivity index (χ1n) is 5.99. The van der Waals surface area contributed by atoms with Crippen LogP contribution in [0.25, 0.3) is 0 Å². The number of carbonyl (C=O) groups is 1. The first-order chi connectivity index (χ1) is 9.15. The van der Waals surface area contributed by atoms with Crippen molar-refractivity contribution in [3.8, 4) is 0 Å². The Morgan fingerprint density at radius 2 is 2.05 bits per heavy atom. The van der Waals surface area contributed by atoms with E-state index in [0.29, 0.717) is 13.1 Å². The number of rotatable bonds is 6. The molecule has 6 heteroatoms. The van der Waals surface area contributed by atoms with Crippen molar-refractivity contribution in [3.05, 3.63) is 47.5 Å². The highest BCUT2D eigenvalue weighted by atomic mass is 16.4. The molecule has 0 amide bonds. The van der Waals surface area contributed by atoms with Gasteiger partial charge >= 0.3 is 5.97 Å². The highest BCUT2D eigenvalue weighted by Crippen LogP contribution is 2.09. The summed E-state index contributed by atoms with van der Waals surface area (Å²) in [6.45, 7) is 1.16. The van der Waals surface area contributed by atoms with Crippen molar-refractivity contribution in [1.82, 2.24) is 20.1 Å². The molecule has 0 saturated carbocycles. The fourth-order valence-corrected chi connectivity index (χ4v) is 1.84. The van der Waals surface area contributed by atoms with Gasteiger partial charge in [-0.2, -0.15) is 5.10 Å². The number of nitrogens with zero attached hydrogens (tertiary/aromatic N) is 3. The van der Waals surface area contributed by atoms with Crippen LogP contribution in [-0.4, -0.2) is 25.8 Å². The lowest BCUT2D eigenvalue weighted by Crippen LogP contribution is -2.16. The van der Waals surface area contributed by atoms with Gasteiger partial charge in [0.25, 0.3) is 0 Å². The Bertz CT molecular complexity index is 565. The number of carboxylic acid groups (broad SMARTS) is 1. The number of aliphatic carboxylic acids is 1. The molecule has 2 rings (SSSR count). The predicted octanol–water partition coefficient (Wildman–Crippen LogP) is 0.732. The second kappa shape index (κ2) is 6.10. The van der Waals surface area contributed by atoms with Crippen LogP contribution in [0.15, 0.2) is 30.6 Å². The maximum Gasteiger partial charge on any atom is 0.307 e. The Labute approximate surface area is 111 Å². The second-order valence-corrected chi connectivity index (χ2v) is 4.28. The molecule has 1 aromatic carbocycles. The fourth-order valence-electron chi connectivity index (χ4n) is 1.84. The molecular formula is C13H16N4O2. The van der Waals surface area contributed by atoms with Gasteiger partial charge in [0.15, 0.2) is 5.82 Å². The average Bonchev–Trinajstić information content (AvgIpc) is 2.77. The van der Waals surface area contributed by atoms with Gasteiger partial charge in [-0.1, -0.05) is 24.3 Å². The van der Waals surface area contributed by atoms with E-state index in [2.05, 4.69) is 15.4 Å². The van der Waals surface area contributed by atoms with Crippen LogP contribution in [-0.2, 0) is 31.4 Å². The Balaban J connectivity index is 1.93. The third kappa shape index (κ3) is 3.89. The van der Waals surface area contributed by atoms with Crippen LogP contribution in [0.2, 0.25) is 0 Å². The van der Waals surface area contributed by atoms with Gasteiger partial charge in [-0.15, -0.1) is 0 Å². The summed E-state index contributed by atoms with van der Waals surface area (Å²) in [5, 5.41) is 16.2. The first kappa shape index (κ1) is 13.2. The van der Waals surface area contributed by atoms with E-state index in [0.717, 1.165) is 17.0 Å². The summed E-state index contributed by atoms with van der Waals surface area (Å²) in [6.07, 6.45) is 1.69. The van der Waals surface area contributed by atoms with Crippen molar-refractivity contribution in [2.24, 2.45) is 7.05 Å². The topological polar surface area (TPSA) is 80.0 Å². The molecule has 1 aromatic heterocycles. The molecule has 0 aliphatic rings. The number of nitrogens with one attached hydrogen (secondary N) is 1. The molecule has 0 unspecified atom stereocenters. The fraction of sp³-hybridized carbons (Fsp3) is 0.308. The summed E-state index contributed by atoms with van der Waals surface area (Å²) >= 11 is 0. The number of aryl methyl sites for hydroxylation is 1. The van der Waals surface area contributed by atoms with Crippen LogP contribution in [0.5, 0.6) is 0 Å². The van der Waals surface area contributed by atoms with Crippen LogP contribution >= 0.6 is 0 Å². The first-order valence-corrected chi connectivity index (χ1v) is 5.99. The standard InChI is InChI=1S/C13H16N4O2/c1-17-9-15-12(16-17)8-14-7-11-5-3-2-4-10(11)6-13(18)19/h2-5,9,14H,6-8H2,1H3,(H,18,19). The van der Waals surface area contributed by atoms with Crippen LogP contribution in [0.1, 0.15) is 17.0 Å². The lowest BCUT2D eigenvalue weighted by Gasteiger charge is -2.08. The van der Waals surface area contributed by atoms with E-state index in [4.69, 9.17) is 5.11 Å². The third-order valence-electron chi connectivity index (χ3n) is 2.71. The van der Waals surface area contributed by atoms with Crippen LogP contribution in [0, 0.1) is 0 Å². The van der Waals surface area contributed by atoms with Crippen molar-refractivity contribution in [3.63, 3.8) is 0 Å². The highest BCUT2D eigenvalue weighted by Gasteiger charge is 2.06. The molecule has 0 aliphatic carbocycles. The Morgan fingerprint density at radius 3 is 2.68 bits per heavy atom. The maximum atomic E-state index is 10.8. The van der Waals surface area contributed by atoms with E-state index in [1.807, 2.05) is 31.3 Å². The van der Waals surface area contributed by atoms with Crippen LogP contribution in [0.4, 0.5) is 0 Å². The smallest absolute Gasteiger partial charge is 0.307 e. The number of benzene rings is 1. The summed E-state index contributed by atoms with van der Waals surface area (Å²) in [6, 6.07) is 7.52. The lowest BCUT2D eigenvalue weighted by atomic mass is 10.0. The summed E-state index contributed by atoms with van der Waals surface area (Å²) in [5.41, 5.74) is 1.82. The largest absolute Gasteiger partial charge is 0.481 e. The quantitative estimate of drug-likeness (QED) is 0.800. The van der Waals surface area contributed by atoms with E-state index in [1.54, 1.807) is 11.0 Å². The van der Waals surface area contributed by atoms with Gasteiger partial charge < -0.3 is 10.4 Å². The minimum absolute atomic E-state index is 0.0414. The Hall–Kier alpha value is -2.21. The number of carboxylic acids is 1. The van der Waals surface area contributed by atoms with E-state index in [9.17, 15) is 4.79 Å². The molecule has 0 saturated heterocycles. The van der Waals surface area contributed by atoms with Crippen LogP contribution in [0.3, 0.4) is 0 Å². The molecular weight excluding hydrogens is 244 g/mol. The summed E-state index contributed by atoms with van der Waals surface area (Å²) < 4.78 is 1.65. The van der Waals surface area contributed by atoms with Crippen molar-refractivity contribution in [2.75, 3.05) is 0 Å². The predicted molar refractivity (Wildman–Crippen MR) is 69.3 cm³/mol. The average molecular weight is 260 g/mol. The monoisotopic (exact) mass is 260 g/mol. The molecule has 0 fully saturated rings. The Morgan fingerprint density at radius 1 is 1.32 bits per heavy atom. The van der Waals surface area contributed by atoms with Crippen molar-refractivity contribution >= 4 is 5.97 Å². The normalized spacial score (nSPS) is 10.6. The molecule has 6 nitrogen and oxygen atoms in total. The molecule has 2 aromatic rings. The van der Waals surface area contributed by atoms with Gasteiger partial charge in [-0.3, -0.25) is 9.48 Å². The second-order valence-electron chi connectivity index (χ2n) is 4.28. The maximum absolute atomic E-state index is 10.8. The molecule has 0 aliphatic heterocycles. The summed E-state index contributed by atoms with van der Waals surface area (Å²) in [5.74, 6) is -0.0999. The van der Waals surface area contributed by atoms with E-state index < -0.39 is 5.97 Å². The minimum atomic E-state index is -0.821. The van der Waals surface area contributed by atoms with E-state index in [-0.39, 0.29) is 6.42 Å². The minimum Gasteiger partial charge on any atom is -0.481 e. The molecule has 0 bridgehead atoms. The zero-order chi connectivity index (χ0) is 13.7. The van der Waals surface area contributed by atoms with Gasteiger partial charge in [0.2, 0.25) is 0 Å². The molecule has 1 heterocycles. The molecule has 0 atom stereocenters. The number of hydrogen-bond donors (Lipinski definition) is 2. The molecule has 2 N–H and O–H groups in total. The lowest BCUT2D eigenvalue weighted by molar-refractivity contribution is -0.136. The van der Waals surface area contributed by atoms with Crippen molar-refractivity contribution in [1.29, 1.82) is 0 Å². The van der Waals surface area contributed by atoms with Gasteiger partial charge in [-0.05, 0) is 11.1 Å². The number of hydrogen-bond acceptors (Lipinski definition) is 4. The van der Waals surface area contributed by atoms with Gasteiger partial charge in [0, 0.05) is 13.6 Å². The SMILES string of the molecule is Cn1cnc(CNCc2ccccc2CC(=O)O)n1. The number of aromatic nitrogens is 3.